The van der Waals surface area contributed by atoms with Crippen LogP contribution in [0.15, 0.2) is 122 Å². The molecule has 0 aromatic heterocycles. The molecule has 0 radical (unpaired) electrons. The Morgan fingerprint density at radius 2 is 0.932 bits per heavy atom. The minimum absolute atomic E-state index is 0.0259. The first-order chi connectivity index (χ1) is 28.8. The van der Waals surface area contributed by atoms with Gasteiger partial charge < -0.3 is 20.1 Å². The Labute approximate surface area is 358 Å². The van der Waals surface area contributed by atoms with E-state index in [-0.39, 0.29) is 32.6 Å². The van der Waals surface area contributed by atoms with Crippen LogP contribution in [0.1, 0.15) is 142 Å². The van der Waals surface area contributed by atoms with Crippen LogP contribution in [0.25, 0.3) is 0 Å². The minimum Gasteiger partial charge on any atom is -0.462 e. The minimum atomic E-state index is -4.42. The second kappa shape index (κ2) is 44.0. The van der Waals surface area contributed by atoms with E-state index in [9.17, 15) is 19.0 Å². The zero-order chi connectivity index (χ0) is 43.2. The Hall–Kier alpha value is -3.59. The van der Waals surface area contributed by atoms with E-state index >= 15 is 0 Å². The smallest absolute Gasteiger partial charge is 0.462 e. The maximum Gasteiger partial charge on any atom is 0.472 e. The van der Waals surface area contributed by atoms with Crippen molar-refractivity contribution in [1.82, 2.24) is 0 Å². The molecule has 0 heterocycles. The number of rotatable bonds is 39. The van der Waals surface area contributed by atoms with Crippen molar-refractivity contribution in [3.8, 4) is 0 Å². The summed E-state index contributed by atoms with van der Waals surface area (Å²) in [5, 5.41) is 0. The zero-order valence-electron chi connectivity index (χ0n) is 36.4. The molecule has 10 heteroatoms. The van der Waals surface area contributed by atoms with Gasteiger partial charge in [-0.05, 0) is 83.5 Å². The molecule has 0 saturated carbocycles. The van der Waals surface area contributed by atoms with Crippen molar-refractivity contribution in [2.45, 2.75) is 148 Å². The van der Waals surface area contributed by atoms with Crippen molar-refractivity contribution in [1.29, 1.82) is 0 Å². The number of carbonyl (C=O) groups is 2. The summed E-state index contributed by atoms with van der Waals surface area (Å²) in [6, 6.07) is 0. The van der Waals surface area contributed by atoms with E-state index in [1.165, 1.54) is 44.9 Å². The first-order valence-corrected chi connectivity index (χ1v) is 23.5. The molecule has 0 aromatic carbocycles. The van der Waals surface area contributed by atoms with Gasteiger partial charge in [-0.25, -0.2) is 4.57 Å². The average molecular weight is 840 g/mol. The molecule has 59 heavy (non-hydrogen) atoms. The van der Waals surface area contributed by atoms with Gasteiger partial charge >= 0.3 is 19.8 Å². The molecule has 0 amide bonds. The maximum atomic E-state index is 12.6. The average Bonchev–Trinajstić information content (AvgIpc) is 3.22. The first kappa shape index (κ1) is 55.4. The van der Waals surface area contributed by atoms with Gasteiger partial charge in [0.05, 0.1) is 13.2 Å². The third-order valence-electron chi connectivity index (χ3n) is 8.36. The van der Waals surface area contributed by atoms with Gasteiger partial charge in [-0.15, -0.1) is 0 Å². The highest BCUT2D eigenvalue weighted by Gasteiger charge is 2.25. The number of phosphoric ester groups is 1. The molecular formula is C49H78NO8P. The quantitative estimate of drug-likeness (QED) is 0.0268. The molecule has 0 aliphatic heterocycles. The number of hydrogen-bond acceptors (Lipinski definition) is 8. The van der Waals surface area contributed by atoms with Gasteiger partial charge in [-0.1, -0.05) is 167 Å². The van der Waals surface area contributed by atoms with E-state index in [1.807, 2.05) is 24.3 Å². The third kappa shape index (κ3) is 43.8. The van der Waals surface area contributed by atoms with Gasteiger partial charge in [0.2, 0.25) is 0 Å². The van der Waals surface area contributed by atoms with E-state index < -0.39 is 32.5 Å². The Morgan fingerprint density at radius 3 is 1.39 bits per heavy atom. The van der Waals surface area contributed by atoms with Crippen molar-refractivity contribution in [2.75, 3.05) is 26.4 Å². The fourth-order valence-corrected chi connectivity index (χ4v) is 5.90. The van der Waals surface area contributed by atoms with Gasteiger partial charge in [0, 0.05) is 19.4 Å². The van der Waals surface area contributed by atoms with Crippen molar-refractivity contribution in [3.63, 3.8) is 0 Å². The molecule has 0 aliphatic carbocycles. The number of carbonyl (C=O) groups excluding carboxylic acids is 2. The van der Waals surface area contributed by atoms with Crippen molar-refractivity contribution in [2.24, 2.45) is 5.73 Å². The summed E-state index contributed by atoms with van der Waals surface area (Å²) >= 11 is 0. The van der Waals surface area contributed by atoms with E-state index in [4.69, 9.17) is 24.3 Å². The summed E-state index contributed by atoms with van der Waals surface area (Å²) in [7, 11) is -4.42. The second-order valence-corrected chi connectivity index (χ2v) is 15.3. The summed E-state index contributed by atoms with van der Waals surface area (Å²) < 4.78 is 32.6. The summed E-state index contributed by atoms with van der Waals surface area (Å²) in [5.41, 5.74) is 5.34. The monoisotopic (exact) mass is 840 g/mol. The molecule has 332 valence electrons. The van der Waals surface area contributed by atoms with Crippen LogP contribution in [-0.2, 0) is 32.7 Å². The Morgan fingerprint density at radius 1 is 0.525 bits per heavy atom. The number of allylic oxidation sites excluding steroid dienone is 20. The SMILES string of the molecule is CCC=CCC=CCC=CCC=CCC=CCC=CCCC(=O)OC(COC(=O)CCC=CCC=CCC=CCC=CCCCCCCCC)COP(=O)(O)OCCN. The van der Waals surface area contributed by atoms with E-state index in [2.05, 4.69) is 111 Å². The molecular weight excluding hydrogens is 762 g/mol. The van der Waals surface area contributed by atoms with Crippen molar-refractivity contribution < 1.29 is 37.6 Å². The van der Waals surface area contributed by atoms with Gasteiger partial charge in [0.15, 0.2) is 6.10 Å². The predicted molar refractivity (Wildman–Crippen MR) is 247 cm³/mol. The van der Waals surface area contributed by atoms with Crippen LogP contribution in [0.5, 0.6) is 0 Å². The molecule has 0 spiro atoms. The summed E-state index contributed by atoms with van der Waals surface area (Å²) in [4.78, 5) is 34.8. The number of hydrogen-bond donors (Lipinski definition) is 2. The van der Waals surface area contributed by atoms with Crippen LogP contribution in [-0.4, -0.2) is 49.3 Å². The van der Waals surface area contributed by atoms with Crippen LogP contribution >= 0.6 is 7.82 Å². The molecule has 0 bridgehead atoms. The van der Waals surface area contributed by atoms with E-state index in [0.29, 0.717) is 12.8 Å². The third-order valence-corrected chi connectivity index (χ3v) is 9.34. The van der Waals surface area contributed by atoms with Gasteiger partial charge in [-0.2, -0.15) is 0 Å². The normalized spacial score (nSPS) is 14.4. The summed E-state index contributed by atoms with van der Waals surface area (Å²) in [6.45, 7) is 3.41. The highest BCUT2D eigenvalue weighted by atomic mass is 31.2. The van der Waals surface area contributed by atoms with Crippen LogP contribution in [0, 0.1) is 0 Å². The van der Waals surface area contributed by atoms with Crippen LogP contribution < -0.4 is 5.73 Å². The largest absolute Gasteiger partial charge is 0.472 e. The van der Waals surface area contributed by atoms with Crippen LogP contribution in [0.4, 0.5) is 0 Å². The lowest BCUT2D eigenvalue weighted by Gasteiger charge is -2.19. The molecule has 0 aliphatic rings. The fourth-order valence-electron chi connectivity index (χ4n) is 5.13. The highest BCUT2D eigenvalue weighted by Crippen LogP contribution is 2.43. The van der Waals surface area contributed by atoms with E-state index in [1.54, 1.807) is 0 Å². The lowest BCUT2D eigenvalue weighted by molar-refractivity contribution is -0.161. The lowest BCUT2D eigenvalue weighted by Crippen LogP contribution is -2.29. The standard InChI is InChI=1S/C49H78NO8P/c1-3-5-7-9-11-13-15-17-19-21-23-25-27-29-31-33-35-37-39-41-48(51)55-45-47(46-57-59(53,54)56-44-43-50)58-49(52)42-40-38-36-34-32-30-28-26-24-22-20-18-16-14-12-10-8-6-4-2/h6,8,12,14,17-20,23-26,29-32,35-38,47H,3-5,7,9-11,13,15-16,21-22,27-28,33-34,39-46,50H2,1-2H3,(H,53,54). The number of phosphoric acid groups is 1. The summed E-state index contributed by atoms with van der Waals surface area (Å²) in [5.74, 6) is -1.03. The molecule has 0 aromatic rings. The highest BCUT2D eigenvalue weighted by molar-refractivity contribution is 7.47. The first-order valence-electron chi connectivity index (χ1n) is 22.0. The van der Waals surface area contributed by atoms with E-state index in [0.717, 1.165) is 57.8 Å². The topological polar surface area (TPSA) is 134 Å². The Kier molecular flexibility index (Phi) is 41.3. The second-order valence-electron chi connectivity index (χ2n) is 13.8. The van der Waals surface area contributed by atoms with Gasteiger partial charge in [0.25, 0.3) is 0 Å². The molecule has 0 fully saturated rings. The van der Waals surface area contributed by atoms with Gasteiger partial charge in [0.1, 0.15) is 6.61 Å². The maximum absolute atomic E-state index is 12.6. The van der Waals surface area contributed by atoms with Gasteiger partial charge in [-0.3, -0.25) is 18.6 Å². The Balaban J connectivity index is 4.42. The van der Waals surface area contributed by atoms with Crippen LogP contribution in [0.2, 0.25) is 0 Å². The molecule has 0 rings (SSSR count). The summed E-state index contributed by atoms with van der Waals surface area (Å²) in [6.07, 6.45) is 59.8. The predicted octanol–water partition coefficient (Wildman–Crippen LogP) is 12.9. The zero-order valence-corrected chi connectivity index (χ0v) is 37.3. The molecule has 0 saturated heterocycles. The molecule has 9 nitrogen and oxygen atoms in total. The van der Waals surface area contributed by atoms with Crippen LogP contribution in [0.3, 0.4) is 0 Å². The fraction of sp³-hybridized carbons (Fsp3) is 0.551. The molecule has 2 unspecified atom stereocenters. The number of esters is 2. The Bertz CT molecular complexity index is 1370. The molecule has 3 N–H and O–H groups in total. The van der Waals surface area contributed by atoms with Crippen molar-refractivity contribution >= 4 is 19.8 Å². The number of ether oxygens (including phenoxy) is 2. The number of unbranched alkanes of at least 4 members (excludes halogenated alkanes) is 6. The number of nitrogens with two attached hydrogens (primary N) is 1. The lowest BCUT2D eigenvalue weighted by atomic mass is 10.1. The van der Waals surface area contributed by atoms with Crippen molar-refractivity contribution in [3.05, 3.63) is 122 Å². The molecule has 2 atom stereocenters.